The van der Waals surface area contributed by atoms with E-state index in [9.17, 15) is 14.7 Å². The van der Waals surface area contributed by atoms with Gasteiger partial charge in [0.05, 0.1) is 5.56 Å². The molecule has 1 saturated carbocycles. The number of carbonyl (C=O) groups excluding carboxylic acids is 2. The van der Waals surface area contributed by atoms with Crippen LogP contribution in [0.25, 0.3) is 0 Å². The Balaban J connectivity index is 1.75. The fourth-order valence-electron chi connectivity index (χ4n) is 2.12. The zero-order valence-corrected chi connectivity index (χ0v) is 13.8. The summed E-state index contributed by atoms with van der Waals surface area (Å²) in [7, 11) is 0. The predicted molar refractivity (Wildman–Crippen MR) is 90.7 cm³/mol. The highest BCUT2D eigenvalue weighted by molar-refractivity contribution is 9.10. The van der Waals surface area contributed by atoms with Gasteiger partial charge in [0.15, 0.2) is 0 Å². The maximum atomic E-state index is 12.3. The lowest BCUT2D eigenvalue weighted by Crippen LogP contribution is -2.25. The van der Waals surface area contributed by atoms with Crippen LogP contribution in [0.15, 0.2) is 46.9 Å². The topological polar surface area (TPSA) is 78.4 Å². The minimum atomic E-state index is -0.441. The van der Waals surface area contributed by atoms with Crippen LogP contribution in [0.1, 0.15) is 33.6 Å². The number of hydrogen-bond donors (Lipinski definition) is 3. The molecule has 1 aliphatic carbocycles. The number of nitrogens with one attached hydrogen (secondary N) is 2. The second-order valence-electron chi connectivity index (χ2n) is 5.44. The first-order valence-electron chi connectivity index (χ1n) is 7.24. The fourth-order valence-corrected chi connectivity index (χ4v) is 2.48. The van der Waals surface area contributed by atoms with Gasteiger partial charge in [-0.25, -0.2) is 0 Å². The third-order valence-corrected chi connectivity index (χ3v) is 3.99. The van der Waals surface area contributed by atoms with Gasteiger partial charge in [0.1, 0.15) is 5.75 Å². The number of anilines is 1. The number of hydrogen-bond acceptors (Lipinski definition) is 3. The molecule has 0 radical (unpaired) electrons. The van der Waals surface area contributed by atoms with E-state index in [1.54, 1.807) is 30.3 Å². The number of halogens is 1. The summed E-state index contributed by atoms with van der Waals surface area (Å²) in [6.07, 6.45) is 2.04. The first-order chi connectivity index (χ1) is 11.0. The van der Waals surface area contributed by atoms with Crippen molar-refractivity contribution in [2.75, 3.05) is 5.32 Å². The third kappa shape index (κ3) is 3.90. The Hall–Kier alpha value is -2.34. The zero-order valence-electron chi connectivity index (χ0n) is 12.2. The molecule has 6 heteroatoms. The molecule has 2 aromatic rings. The molecule has 118 valence electrons. The number of phenols is 1. The molecule has 0 aliphatic heterocycles. The average molecular weight is 375 g/mol. The number of aromatic hydroxyl groups is 1. The summed E-state index contributed by atoms with van der Waals surface area (Å²) in [5.74, 6) is -0.689. The van der Waals surface area contributed by atoms with Crippen molar-refractivity contribution < 1.29 is 14.7 Å². The Morgan fingerprint density at radius 3 is 2.61 bits per heavy atom. The van der Waals surface area contributed by atoms with Gasteiger partial charge in [-0.1, -0.05) is 22.0 Å². The van der Waals surface area contributed by atoms with Crippen LogP contribution >= 0.6 is 15.9 Å². The number of amides is 2. The van der Waals surface area contributed by atoms with E-state index in [1.165, 1.54) is 12.1 Å². The third-order valence-electron chi connectivity index (χ3n) is 3.50. The Kier molecular flexibility index (Phi) is 4.34. The molecule has 3 rings (SSSR count). The van der Waals surface area contributed by atoms with Crippen molar-refractivity contribution in [3.05, 3.63) is 58.1 Å². The molecule has 0 heterocycles. The van der Waals surface area contributed by atoms with Crippen LogP contribution < -0.4 is 10.6 Å². The summed E-state index contributed by atoms with van der Waals surface area (Å²) in [5.41, 5.74) is 1.15. The highest BCUT2D eigenvalue weighted by Gasteiger charge is 2.23. The van der Waals surface area contributed by atoms with E-state index in [2.05, 4.69) is 26.6 Å². The molecule has 0 saturated heterocycles. The van der Waals surface area contributed by atoms with Crippen LogP contribution in [-0.4, -0.2) is 23.0 Å². The Labute approximate surface area is 141 Å². The summed E-state index contributed by atoms with van der Waals surface area (Å²) in [4.78, 5) is 24.3. The number of rotatable bonds is 4. The van der Waals surface area contributed by atoms with Crippen LogP contribution in [0.4, 0.5) is 5.69 Å². The molecular weight excluding hydrogens is 360 g/mol. The maximum Gasteiger partial charge on any atom is 0.259 e. The van der Waals surface area contributed by atoms with Crippen molar-refractivity contribution >= 4 is 33.4 Å². The number of carbonyl (C=O) groups is 2. The second kappa shape index (κ2) is 6.42. The molecule has 0 bridgehead atoms. The first-order valence-corrected chi connectivity index (χ1v) is 8.03. The van der Waals surface area contributed by atoms with Crippen molar-refractivity contribution in [3.63, 3.8) is 0 Å². The smallest absolute Gasteiger partial charge is 0.259 e. The van der Waals surface area contributed by atoms with Gasteiger partial charge < -0.3 is 15.7 Å². The fraction of sp³-hybridized carbons (Fsp3) is 0.176. The van der Waals surface area contributed by atoms with E-state index in [4.69, 9.17) is 0 Å². The first kappa shape index (κ1) is 15.6. The zero-order chi connectivity index (χ0) is 16.4. The quantitative estimate of drug-likeness (QED) is 0.767. The summed E-state index contributed by atoms with van der Waals surface area (Å²) in [5, 5.41) is 15.4. The summed E-state index contributed by atoms with van der Waals surface area (Å²) < 4.78 is 0.693. The molecule has 3 N–H and O–H groups in total. The molecule has 2 aromatic carbocycles. The van der Waals surface area contributed by atoms with Gasteiger partial charge in [-0.2, -0.15) is 0 Å². The lowest BCUT2D eigenvalue weighted by atomic mass is 10.1. The van der Waals surface area contributed by atoms with Crippen molar-refractivity contribution in [1.29, 1.82) is 0 Å². The van der Waals surface area contributed by atoms with E-state index in [-0.39, 0.29) is 23.3 Å². The minimum absolute atomic E-state index is 0.103. The van der Waals surface area contributed by atoms with E-state index in [0.717, 1.165) is 12.8 Å². The summed E-state index contributed by atoms with van der Waals surface area (Å²) in [6.45, 7) is 0. The van der Waals surface area contributed by atoms with Gasteiger partial charge >= 0.3 is 0 Å². The summed E-state index contributed by atoms with van der Waals surface area (Å²) >= 11 is 3.27. The van der Waals surface area contributed by atoms with Crippen molar-refractivity contribution in [1.82, 2.24) is 5.32 Å². The summed E-state index contributed by atoms with van der Waals surface area (Å²) in [6, 6.07) is 11.6. The predicted octanol–water partition coefficient (Wildman–Crippen LogP) is 3.30. The lowest BCUT2D eigenvalue weighted by Gasteiger charge is -2.09. The highest BCUT2D eigenvalue weighted by atomic mass is 79.9. The van der Waals surface area contributed by atoms with E-state index in [1.807, 2.05) is 0 Å². The van der Waals surface area contributed by atoms with E-state index < -0.39 is 5.91 Å². The SMILES string of the molecule is O=C(NC1CC1)c1cccc(NC(=O)c2cc(Br)ccc2O)c1. The Morgan fingerprint density at radius 2 is 1.87 bits per heavy atom. The van der Waals surface area contributed by atoms with E-state index >= 15 is 0 Å². The van der Waals surface area contributed by atoms with Crippen molar-refractivity contribution in [2.24, 2.45) is 0 Å². The molecule has 2 amide bonds. The van der Waals surface area contributed by atoms with Crippen LogP contribution in [0.2, 0.25) is 0 Å². The molecule has 0 unspecified atom stereocenters. The number of benzene rings is 2. The van der Waals surface area contributed by atoms with Crippen molar-refractivity contribution in [2.45, 2.75) is 18.9 Å². The lowest BCUT2D eigenvalue weighted by molar-refractivity contribution is 0.0949. The largest absolute Gasteiger partial charge is 0.507 e. The minimum Gasteiger partial charge on any atom is -0.507 e. The molecule has 5 nitrogen and oxygen atoms in total. The van der Waals surface area contributed by atoms with Gasteiger partial charge in [0, 0.05) is 21.8 Å². The molecule has 0 aromatic heterocycles. The van der Waals surface area contributed by atoms with Crippen LogP contribution in [0, 0.1) is 0 Å². The molecule has 1 aliphatic rings. The van der Waals surface area contributed by atoms with Crippen LogP contribution in [0.5, 0.6) is 5.75 Å². The molecule has 0 atom stereocenters. The van der Waals surface area contributed by atoms with Gasteiger partial charge in [-0.3, -0.25) is 9.59 Å². The Bertz CT molecular complexity index is 772. The second-order valence-corrected chi connectivity index (χ2v) is 6.36. The maximum absolute atomic E-state index is 12.3. The van der Waals surface area contributed by atoms with E-state index in [0.29, 0.717) is 15.7 Å². The van der Waals surface area contributed by atoms with Crippen molar-refractivity contribution in [3.8, 4) is 5.75 Å². The molecular formula is C17H15BrN2O3. The molecule has 23 heavy (non-hydrogen) atoms. The van der Waals surface area contributed by atoms with Gasteiger partial charge in [0.2, 0.25) is 0 Å². The average Bonchev–Trinajstić information content (AvgIpc) is 3.34. The monoisotopic (exact) mass is 374 g/mol. The van der Waals surface area contributed by atoms with Crippen LogP contribution in [-0.2, 0) is 0 Å². The Morgan fingerprint density at radius 1 is 1.09 bits per heavy atom. The molecule has 1 fully saturated rings. The van der Waals surface area contributed by atoms with Gasteiger partial charge in [-0.15, -0.1) is 0 Å². The standard InChI is InChI=1S/C17H15BrN2O3/c18-11-4-7-15(21)14(9-11)17(23)20-13-3-1-2-10(8-13)16(22)19-12-5-6-12/h1-4,7-9,12,21H,5-6H2,(H,19,22)(H,20,23). The van der Waals surface area contributed by atoms with Gasteiger partial charge in [-0.05, 0) is 49.2 Å². The molecule has 0 spiro atoms. The van der Waals surface area contributed by atoms with Gasteiger partial charge in [0.25, 0.3) is 11.8 Å². The van der Waals surface area contributed by atoms with Crippen LogP contribution in [0.3, 0.4) is 0 Å². The highest BCUT2D eigenvalue weighted by Crippen LogP contribution is 2.23. The normalized spacial score (nSPS) is 13.4. The number of phenolic OH excluding ortho intramolecular Hbond substituents is 1.